The lowest BCUT2D eigenvalue weighted by molar-refractivity contribution is 0.115. The molecular formula is C14H34O9Si5. The van der Waals surface area contributed by atoms with Crippen molar-refractivity contribution in [3.8, 4) is 0 Å². The highest BCUT2D eigenvalue weighted by atomic mass is 28.5. The van der Waals surface area contributed by atoms with Crippen molar-refractivity contribution in [2.75, 3.05) is 41.2 Å². The monoisotopic (exact) mass is 486 g/mol. The second-order valence-corrected chi connectivity index (χ2v) is 19.7. The molecule has 9 nitrogen and oxygen atoms in total. The maximum Gasteiger partial charge on any atom is 0.500 e. The highest BCUT2D eigenvalue weighted by Gasteiger charge is 2.43. The average molecular weight is 487 g/mol. The molecule has 2 saturated heterocycles. The summed E-state index contributed by atoms with van der Waals surface area (Å²) < 4.78 is 52.4. The lowest BCUT2D eigenvalue weighted by atomic mass is 10.5. The van der Waals surface area contributed by atoms with Crippen LogP contribution in [-0.4, -0.2) is 92.5 Å². The molecule has 0 aromatic carbocycles. The normalized spacial score (nSPS) is 30.2. The Bertz CT molecular complexity index is 433. The van der Waals surface area contributed by atoms with Crippen LogP contribution >= 0.6 is 0 Å². The highest BCUT2D eigenvalue weighted by Crippen LogP contribution is 2.25. The van der Waals surface area contributed by atoms with Gasteiger partial charge in [-0.1, -0.05) is 0 Å². The molecule has 0 aliphatic carbocycles. The van der Waals surface area contributed by atoms with Gasteiger partial charge in [0.25, 0.3) is 0 Å². The first-order valence-electron chi connectivity index (χ1n) is 9.57. The lowest BCUT2D eigenvalue weighted by Gasteiger charge is -2.37. The van der Waals surface area contributed by atoms with Crippen molar-refractivity contribution in [3.05, 3.63) is 0 Å². The fourth-order valence-corrected chi connectivity index (χ4v) is 19.3. The standard InChI is InChI=1S/C14H34O9Si5/c1-15-28(16-2,17-3)11-9-26-20-24(4)22-27(6,23-25(5)21-26)10-7-8-18-12-14-13-19-14/h14,26H,7-13H2,1-6H3. The Balaban J connectivity index is 1.80. The van der Waals surface area contributed by atoms with Gasteiger partial charge in [-0.25, -0.2) is 0 Å². The van der Waals surface area contributed by atoms with E-state index in [4.69, 9.17) is 39.2 Å². The summed E-state index contributed by atoms with van der Waals surface area (Å²) in [6.45, 7) is 8.34. The minimum atomic E-state index is -2.63. The molecular weight excluding hydrogens is 453 g/mol. The predicted octanol–water partition coefficient (Wildman–Crippen LogP) is 1.28. The zero-order valence-electron chi connectivity index (χ0n) is 17.8. The van der Waals surface area contributed by atoms with Crippen molar-refractivity contribution in [1.82, 2.24) is 0 Å². The summed E-state index contributed by atoms with van der Waals surface area (Å²) >= 11 is 0. The summed E-state index contributed by atoms with van der Waals surface area (Å²) in [5.74, 6) is 0. The Morgan fingerprint density at radius 3 is 2.14 bits per heavy atom. The molecule has 28 heavy (non-hydrogen) atoms. The molecule has 1 unspecified atom stereocenters. The number of hydrogen-bond acceptors (Lipinski definition) is 9. The zero-order chi connectivity index (χ0) is 20.6. The molecule has 14 heteroatoms. The largest absolute Gasteiger partial charge is 0.500 e. The molecule has 2 rings (SSSR count). The van der Waals surface area contributed by atoms with E-state index in [0.29, 0.717) is 25.4 Å². The summed E-state index contributed by atoms with van der Waals surface area (Å²) in [5, 5.41) is 0. The van der Waals surface area contributed by atoms with Gasteiger partial charge in [0.15, 0.2) is 0 Å². The third kappa shape index (κ3) is 8.46. The number of epoxide rings is 1. The third-order valence-corrected chi connectivity index (χ3v) is 20.4. The molecule has 2 fully saturated rings. The van der Waals surface area contributed by atoms with E-state index in [1.807, 2.05) is 13.1 Å². The van der Waals surface area contributed by atoms with Gasteiger partial charge in [0.1, 0.15) is 6.10 Å². The Kier molecular flexibility index (Phi) is 10.7. The minimum Gasteiger partial charge on any atom is -0.417 e. The zero-order valence-corrected chi connectivity index (χ0v) is 22.9. The number of ether oxygens (including phenoxy) is 2. The van der Waals surface area contributed by atoms with Gasteiger partial charge < -0.3 is 39.2 Å². The molecule has 164 valence electrons. The summed E-state index contributed by atoms with van der Waals surface area (Å²) in [6.07, 6.45) is 1.21. The second kappa shape index (κ2) is 11.9. The smallest absolute Gasteiger partial charge is 0.417 e. The first kappa shape index (κ1) is 25.0. The Morgan fingerprint density at radius 1 is 1.07 bits per heavy atom. The van der Waals surface area contributed by atoms with Crippen molar-refractivity contribution in [2.45, 2.75) is 50.3 Å². The highest BCUT2D eigenvalue weighted by molar-refractivity contribution is 6.81. The Hall–Kier alpha value is 0.724. The van der Waals surface area contributed by atoms with Gasteiger partial charge in [0.2, 0.25) is 0 Å². The minimum absolute atomic E-state index is 0.303. The molecule has 1 atom stereocenters. The fraction of sp³-hybridized carbons (Fsp3) is 1.00. The lowest BCUT2D eigenvalue weighted by Crippen LogP contribution is -2.54. The van der Waals surface area contributed by atoms with Gasteiger partial charge in [-0.15, -0.1) is 0 Å². The molecule has 0 aromatic heterocycles. The maximum atomic E-state index is 6.34. The summed E-state index contributed by atoms with van der Waals surface area (Å²) in [4.78, 5) is 0. The van der Waals surface area contributed by atoms with Crippen LogP contribution in [0.2, 0.25) is 37.8 Å². The molecule has 2 radical (unpaired) electrons. The topological polar surface area (TPSA) is 86.4 Å². The van der Waals surface area contributed by atoms with Gasteiger partial charge >= 0.3 is 45.2 Å². The molecule has 2 aliphatic rings. The van der Waals surface area contributed by atoms with Gasteiger partial charge in [0, 0.05) is 34.0 Å². The molecule has 0 bridgehead atoms. The van der Waals surface area contributed by atoms with Crippen molar-refractivity contribution in [2.24, 2.45) is 0 Å². The fourth-order valence-electron chi connectivity index (χ4n) is 3.02. The van der Waals surface area contributed by atoms with Crippen LogP contribution in [0.15, 0.2) is 0 Å². The average Bonchev–Trinajstić information content (AvgIpc) is 3.46. The number of rotatable bonds is 12. The van der Waals surface area contributed by atoms with E-state index in [1.54, 1.807) is 21.3 Å². The SMILES string of the molecule is CO[Si](CC[SiH]1O[Si](C)O[Si](C)(CCCOCC2CO2)O[Si](C)O1)(OC)OC. The molecule has 2 aliphatic heterocycles. The van der Waals surface area contributed by atoms with Crippen LogP contribution in [0.4, 0.5) is 0 Å². The van der Waals surface area contributed by atoms with Gasteiger partial charge in [-0.2, -0.15) is 0 Å². The molecule has 0 spiro atoms. The summed E-state index contributed by atoms with van der Waals surface area (Å²) in [5.41, 5.74) is 0. The first-order valence-corrected chi connectivity index (χ1v) is 19.4. The van der Waals surface area contributed by atoms with E-state index in [1.165, 1.54) is 0 Å². The van der Waals surface area contributed by atoms with Crippen LogP contribution in [-0.2, 0) is 39.2 Å². The molecule has 0 amide bonds. The molecule has 0 N–H and O–H groups in total. The van der Waals surface area contributed by atoms with E-state index in [2.05, 4.69) is 6.55 Å². The van der Waals surface area contributed by atoms with E-state index >= 15 is 0 Å². The van der Waals surface area contributed by atoms with Gasteiger partial charge in [-0.3, -0.25) is 0 Å². The van der Waals surface area contributed by atoms with E-state index in [-0.39, 0.29) is 0 Å². The first-order chi connectivity index (χ1) is 13.3. The van der Waals surface area contributed by atoms with Crippen molar-refractivity contribution >= 4 is 45.2 Å². The predicted molar refractivity (Wildman–Crippen MR) is 113 cm³/mol. The van der Waals surface area contributed by atoms with Crippen molar-refractivity contribution in [3.63, 3.8) is 0 Å². The second-order valence-electron chi connectivity index (χ2n) is 6.95. The Labute approximate surface area is 176 Å². The van der Waals surface area contributed by atoms with Crippen LogP contribution < -0.4 is 0 Å². The van der Waals surface area contributed by atoms with Crippen LogP contribution in [0.3, 0.4) is 0 Å². The van der Waals surface area contributed by atoms with Crippen molar-refractivity contribution in [1.29, 1.82) is 0 Å². The maximum absolute atomic E-state index is 6.34. The summed E-state index contributed by atoms with van der Waals surface area (Å²) in [6, 6.07) is 2.27. The van der Waals surface area contributed by atoms with Crippen LogP contribution in [0.5, 0.6) is 0 Å². The third-order valence-electron chi connectivity index (χ3n) is 4.56. The molecule has 0 saturated carbocycles. The van der Waals surface area contributed by atoms with E-state index < -0.39 is 45.2 Å². The van der Waals surface area contributed by atoms with Gasteiger partial charge in [-0.05, 0) is 38.2 Å². The molecule has 2 heterocycles. The van der Waals surface area contributed by atoms with Crippen LogP contribution in [0.25, 0.3) is 0 Å². The van der Waals surface area contributed by atoms with Crippen LogP contribution in [0.1, 0.15) is 6.42 Å². The van der Waals surface area contributed by atoms with E-state index in [0.717, 1.165) is 25.1 Å². The van der Waals surface area contributed by atoms with E-state index in [9.17, 15) is 0 Å². The van der Waals surface area contributed by atoms with Crippen molar-refractivity contribution < 1.29 is 39.2 Å². The van der Waals surface area contributed by atoms with Gasteiger partial charge in [0.05, 0.1) is 13.2 Å². The quantitative estimate of drug-likeness (QED) is 0.230. The molecule has 0 aromatic rings. The number of hydrogen-bond donors (Lipinski definition) is 0. The Morgan fingerprint density at radius 2 is 1.64 bits per heavy atom. The summed E-state index contributed by atoms with van der Waals surface area (Å²) in [7, 11) is -4.92. The van der Waals surface area contributed by atoms with Crippen LogP contribution in [0, 0.1) is 0 Å².